The summed E-state index contributed by atoms with van der Waals surface area (Å²) in [5.41, 5.74) is 2.13. The Hall–Kier alpha value is -2.17. The van der Waals surface area contributed by atoms with Crippen molar-refractivity contribution in [2.24, 2.45) is 0 Å². The number of aryl methyl sites for hydroxylation is 1. The maximum Gasteiger partial charge on any atom is 0.301 e. The number of rotatable bonds is 3. The van der Waals surface area contributed by atoms with Gasteiger partial charge in [0.1, 0.15) is 5.69 Å². The molecule has 1 heterocycles. The molecular formula is C12H13N3O2. The van der Waals surface area contributed by atoms with Crippen LogP contribution in [0.5, 0.6) is 0 Å². The molecule has 0 spiro atoms. The Bertz CT molecular complexity index is 581. The minimum absolute atomic E-state index is 0.0943. The second kappa shape index (κ2) is 4.37. The summed E-state index contributed by atoms with van der Waals surface area (Å²) in [5.74, 6) is 0. The molecule has 0 radical (unpaired) electrons. The third-order valence-electron chi connectivity index (χ3n) is 2.53. The van der Waals surface area contributed by atoms with Crippen LogP contribution in [0.15, 0.2) is 24.3 Å². The van der Waals surface area contributed by atoms with E-state index < -0.39 is 0 Å². The highest BCUT2D eigenvalue weighted by Gasteiger charge is 2.18. The van der Waals surface area contributed by atoms with Crippen LogP contribution in [0.25, 0.3) is 10.9 Å². The summed E-state index contributed by atoms with van der Waals surface area (Å²) >= 11 is 0. The number of aromatic nitrogens is 1. The van der Waals surface area contributed by atoms with Gasteiger partial charge in [-0.15, -0.1) is 0 Å². The molecule has 5 nitrogen and oxygen atoms in total. The van der Waals surface area contributed by atoms with E-state index in [0.717, 1.165) is 5.69 Å². The lowest BCUT2D eigenvalue weighted by atomic mass is 10.1. The summed E-state index contributed by atoms with van der Waals surface area (Å²) in [6, 6.07) is 7.03. The van der Waals surface area contributed by atoms with Crippen molar-refractivity contribution in [2.45, 2.75) is 13.8 Å². The minimum Gasteiger partial charge on any atom is -0.380 e. The zero-order valence-corrected chi connectivity index (χ0v) is 9.73. The lowest BCUT2D eigenvalue weighted by molar-refractivity contribution is -0.382. The molecule has 88 valence electrons. The van der Waals surface area contributed by atoms with Crippen molar-refractivity contribution in [2.75, 3.05) is 11.9 Å². The Morgan fingerprint density at radius 1 is 1.35 bits per heavy atom. The maximum atomic E-state index is 11.1. The second-order valence-electron chi connectivity index (χ2n) is 3.77. The van der Waals surface area contributed by atoms with Gasteiger partial charge in [-0.25, -0.2) is 0 Å². The summed E-state index contributed by atoms with van der Waals surface area (Å²) < 4.78 is 0. The van der Waals surface area contributed by atoms with Gasteiger partial charge >= 0.3 is 5.69 Å². The van der Waals surface area contributed by atoms with Crippen molar-refractivity contribution in [1.82, 2.24) is 4.98 Å². The average Bonchev–Trinajstić information content (AvgIpc) is 2.28. The molecule has 2 aromatic rings. The predicted octanol–water partition coefficient (Wildman–Crippen LogP) is 2.88. The fourth-order valence-corrected chi connectivity index (χ4v) is 1.82. The number of hydrogen-bond acceptors (Lipinski definition) is 4. The molecule has 0 aliphatic carbocycles. The fourth-order valence-electron chi connectivity index (χ4n) is 1.82. The van der Waals surface area contributed by atoms with Gasteiger partial charge in [-0.2, -0.15) is 0 Å². The lowest BCUT2D eigenvalue weighted by Gasteiger charge is -2.07. The molecule has 0 saturated heterocycles. The minimum atomic E-state index is -0.364. The van der Waals surface area contributed by atoms with Crippen LogP contribution in [0.2, 0.25) is 0 Å². The van der Waals surface area contributed by atoms with Gasteiger partial charge in [-0.1, -0.05) is 0 Å². The standard InChI is InChI=1S/C12H13N3O2/c1-3-13-11-7-6-10-9(12(11)15(16)17)5-4-8(2)14-10/h4-7,13H,3H2,1-2H3. The molecule has 0 amide bonds. The zero-order valence-electron chi connectivity index (χ0n) is 9.73. The van der Waals surface area contributed by atoms with Gasteiger partial charge in [0.2, 0.25) is 0 Å². The van der Waals surface area contributed by atoms with E-state index in [1.807, 2.05) is 13.8 Å². The third-order valence-corrected chi connectivity index (χ3v) is 2.53. The first-order valence-corrected chi connectivity index (χ1v) is 5.42. The van der Waals surface area contributed by atoms with Crippen molar-refractivity contribution in [3.8, 4) is 0 Å². The monoisotopic (exact) mass is 231 g/mol. The fraction of sp³-hybridized carbons (Fsp3) is 0.250. The first-order chi connectivity index (χ1) is 8.13. The van der Waals surface area contributed by atoms with E-state index in [4.69, 9.17) is 0 Å². The summed E-state index contributed by atoms with van der Waals surface area (Å²) in [7, 11) is 0. The molecule has 2 rings (SSSR count). The van der Waals surface area contributed by atoms with Gasteiger partial charge in [-0.3, -0.25) is 15.1 Å². The third kappa shape index (κ3) is 2.04. The van der Waals surface area contributed by atoms with Gasteiger partial charge in [0.05, 0.1) is 15.8 Å². The van der Waals surface area contributed by atoms with Crippen LogP contribution in [-0.4, -0.2) is 16.5 Å². The van der Waals surface area contributed by atoms with E-state index in [-0.39, 0.29) is 10.6 Å². The Morgan fingerprint density at radius 2 is 2.12 bits per heavy atom. The van der Waals surface area contributed by atoms with Crippen molar-refractivity contribution >= 4 is 22.3 Å². The van der Waals surface area contributed by atoms with Gasteiger partial charge < -0.3 is 5.32 Å². The molecule has 5 heteroatoms. The SMILES string of the molecule is CCNc1ccc2nc(C)ccc2c1[N+](=O)[O-]. The molecular weight excluding hydrogens is 218 g/mol. The van der Waals surface area contributed by atoms with Crippen LogP contribution in [0.4, 0.5) is 11.4 Å². The van der Waals surface area contributed by atoms with E-state index in [2.05, 4.69) is 10.3 Å². The van der Waals surface area contributed by atoms with Crippen LogP contribution >= 0.6 is 0 Å². The summed E-state index contributed by atoms with van der Waals surface area (Å²) in [4.78, 5) is 15.1. The number of fused-ring (bicyclic) bond motifs is 1. The number of benzene rings is 1. The van der Waals surface area contributed by atoms with Crippen LogP contribution in [0.3, 0.4) is 0 Å². The highest BCUT2D eigenvalue weighted by molar-refractivity contribution is 5.94. The first-order valence-electron chi connectivity index (χ1n) is 5.42. The average molecular weight is 231 g/mol. The van der Waals surface area contributed by atoms with E-state index in [0.29, 0.717) is 23.1 Å². The van der Waals surface area contributed by atoms with Crippen LogP contribution in [0, 0.1) is 17.0 Å². The summed E-state index contributed by atoms with van der Waals surface area (Å²) in [6.07, 6.45) is 0. The molecule has 0 fully saturated rings. The van der Waals surface area contributed by atoms with E-state index in [1.165, 1.54) is 0 Å². The largest absolute Gasteiger partial charge is 0.380 e. The number of hydrogen-bond donors (Lipinski definition) is 1. The normalized spacial score (nSPS) is 10.5. The Labute approximate surface area is 98.6 Å². The summed E-state index contributed by atoms with van der Waals surface area (Å²) in [5, 5.41) is 14.7. The molecule has 1 N–H and O–H groups in total. The number of pyridine rings is 1. The molecule has 0 unspecified atom stereocenters. The van der Waals surface area contributed by atoms with Crippen molar-refractivity contribution in [3.63, 3.8) is 0 Å². The van der Waals surface area contributed by atoms with Gasteiger partial charge in [0.25, 0.3) is 0 Å². The van der Waals surface area contributed by atoms with Gasteiger partial charge in [0, 0.05) is 12.2 Å². The number of nitrogens with zero attached hydrogens (tertiary/aromatic N) is 2. The van der Waals surface area contributed by atoms with Crippen LogP contribution < -0.4 is 5.32 Å². The molecule has 0 aliphatic rings. The molecule has 0 bridgehead atoms. The number of anilines is 1. The van der Waals surface area contributed by atoms with Crippen molar-refractivity contribution < 1.29 is 4.92 Å². The number of nitro benzene ring substituents is 1. The highest BCUT2D eigenvalue weighted by atomic mass is 16.6. The predicted molar refractivity (Wildman–Crippen MR) is 67.3 cm³/mol. The smallest absolute Gasteiger partial charge is 0.301 e. The molecule has 1 aromatic carbocycles. The van der Waals surface area contributed by atoms with E-state index >= 15 is 0 Å². The van der Waals surface area contributed by atoms with Crippen molar-refractivity contribution in [1.29, 1.82) is 0 Å². The zero-order chi connectivity index (χ0) is 12.4. The number of nitro groups is 1. The van der Waals surface area contributed by atoms with E-state index in [9.17, 15) is 10.1 Å². The van der Waals surface area contributed by atoms with E-state index in [1.54, 1.807) is 24.3 Å². The van der Waals surface area contributed by atoms with Crippen LogP contribution in [-0.2, 0) is 0 Å². The topological polar surface area (TPSA) is 68.1 Å². The molecule has 0 saturated carbocycles. The molecule has 0 atom stereocenters. The lowest BCUT2D eigenvalue weighted by Crippen LogP contribution is -2.02. The van der Waals surface area contributed by atoms with Crippen LogP contribution in [0.1, 0.15) is 12.6 Å². The Kier molecular flexibility index (Phi) is 2.91. The number of nitrogens with one attached hydrogen (secondary N) is 1. The molecule has 0 aliphatic heterocycles. The highest BCUT2D eigenvalue weighted by Crippen LogP contribution is 2.32. The van der Waals surface area contributed by atoms with Gasteiger partial charge in [0.15, 0.2) is 0 Å². The Morgan fingerprint density at radius 3 is 2.76 bits per heavy atom. The van der Waals surface area contributed by atoms with Crippen molar-refractivity contribution in [3.05, 3.63) is 40.1 Å². The molecule has 1 aromatic heterocycles. The quantitative estimate of drug-likeness (QED) is 0.651. The van der Waals surface area contributed by atoms with Gasteiger partial charge in [-0.05, 0) is 38.1 Å². The first kappa shape index (κ1) is 11.3. The maximum absolute atomic E-state index is 11.1. The summed E-state index contributed by atoms with van der Waals surface area (Å²) in [6.45, 7) is 4.41. The molecule has 17 heavy (non-hydrogen) atoms. The Balaban J connectivity index is 2.74. The second-order valence-corrected chi connectivity index (χ2v) is 3.77.